The van der Waals surface area contributed by atoms with Crippen molar-refractivity contribution in [3.8, 4) is 5.88 Å². The molecule has 0 aliphatic heterocycles. The lowest BCUT2D eigenvalue weighted by Gasteiger charge is -2.38. The minimum Gasteiger partial charge on any atom is -0.481 e. The molecule has 1 saturated carbocycles. The third kappa shape index (κ3) is 4.03. The van der Waals surface area contributed by atoms with E-state index in [4.69, 9.17) is 4.74 Å². The molecule has 1 aliphatic carbocycles. The van der Waals surface area contributed by atoms with E-state index in [1.807, 2.05) is 6.07 Å². The van der Waals surface area contributed by atoms with E-state index >= 15 is 0 Å². The summed E-state index contributed by atoms with van der Waals surface area (Å²) in [6, 6.07) is 4.90. The third-order valence-corrected chi connectivity index (χ3v) is 4.36. The molecule has 1 atom stereocenters. The van der Waals surface area contributed by atoms with Gasteiger partial charge >= 0.3 is 5.69 Å². The maximum atomic E-state index is 12.4. The molecule has 2 heterocycles. The number of methoxy groups -OCH3 is 1. The first-order valence-corrected chi connectivity index (χ1v) is 8.05. The van der Waals surface area contributed by atoms with E-state index in [9.17, 15) is 14.7 Å². The molecular weight excluding hydrogens is 324 g/mol. The molecule has 1 aliphatic rings. The molecule has 2 aromatic rings. The first kappa shape index (κ1) is 17.1. The summed E-state index contributed by atoms with van der Waals surface area (Å²) >= 11 is 0. The predicted molar refractivity (Wildman–Crippen MR) is 88.9 cm³/mol. The largest absolute Gasteiger partial charge is 0.481 e. The second-order valence-corrected chi connectivity index (χ2v) is 6.09. The number of carbonyl (C=O) groups excluding carboxylic acids is 1. The van der Waals surface area contributed by atoms with Crippen LogP contribution in [-0.2, 0) is 11.3 Å². The quantitative estimate of drug-likeness (QED) is 0.779. The van der Waals surface area contributed by atoms with Gasteiger partial charge in [0.25, 0.3) is 0 Å². The normalized spacial score (nSPS) is 20.4. The van der Waals surface area contributed by atoms with Crippen LogP contribution in [0.25, 0.3) is 0 Å². The highest BCUT2D eigenvalue weighted by molar-refractivity contribution is 5.76. The van der Waals surface area contributed by atoms with Crippen LogP contribution in [0.3, 0.4) is 0 Å². The fourth-order valence-corrected chi connectivity index (χ4v) is 2.95. The van der Waals surface area contributed by atoms with Crippen LogP contribution in [0.1, 0.15) is 24.4 Å². The number of hydrogen-bond donors (Lipinski definition) is 2. The Hall–Kier alpha value is -2.74. The van der Waals surface area contributed by atoms with E-state index in [0.717, 1.165) is 5.56 Å². The average Bonchev–Trinajstić information content (AvgIpc) is 2.59. The Balaban J connectivity index is 1.74. The van der Waals surface area contributed by atoms with Crippen molar-refractivity contribution >= 4 is 5.91 Å². The number of hydrogen-bond acceptors (Lipinski definition) is 6. The second kappa shape index (κ2) is 7.43. The maximum Gasteiger partial charge on any atom is 0.347 e. The lowest BCUT2D eigenvalue weighted by Crippen LogP contribution is -2.43. The van der Waals surface area contributed by atoms with Gasteiger partial charge in [0.1, 0.15) is 6.54 Å². The molecule has 25 heavy (non-hydrogen) atoms. The summed E-state index contributed by atoms with van der Waals surface area (Å²) in [5.74, 6) is 0.321. The van der Waals surface area contributed by atoms with Crippen LogP contribution in [0.5, 0.6) is 5.88 Å². The van der Waals surface area contributed by atoms with Crippen molar-refractivity contribution in [1.82, 2.24) is 19.9 Å². The Morgan fingerprint density at radius 1 is 1.44 bits per heavy atom. The molecule has 1 fully saturated rings. The van der Waals surface area contributed by atoms with Crippen molar-refractivity contribution in [2.24, 2.45) is 5.92 Å². The number of aromatic nitrogens is 3. The molecule has 0 bridgehead atoms. The molecular formula is C17H20N4O4. The monoisotopic (exact) mass is 344 g/mol. The summed E-state index contributed by atoms with van der Waals surface area (Å²) in [5.41, 5.74) is 0.365. The van der Waals surface area contributed by atoms with Gasteiger partial charge < -0.3 is 15.2 Å². The van der Waals surface area contributed by atoms with Crippen molar-refractivity contribution in [1.29, 1.82) is 0 Å². The molecule has 132 valence electrons. The number of aliphatic hydroxyl groups is 1. The first-order valence-electron chi connectivity index (χ1n) is 8.05. The number of aliphatic hydroxyl groups excluding tert-OH is 1. The van der Waals surface area contributed by atoms with Crippen molar-refractivity contribution in [2.75, 3.05) is 7.11 Å². The Bertz CT molecular complexity index is 784. The SMILES string of the molecule is COc1ccc([C@H](NC(=O)Cn2cccnc2=O)C2CC(O)C2)cn1. The van der Waals surface area contributed by atoms with Gasteiger partial charge in [-0.05, 0) is 30.4 Å². The smallest absolute Gasteiger partial charge is 0.347 e. The molecule has 0 aromatic carbocycles. The molecule has 0 saturated heterocycles. The maximum absolute atomic E-state index is 12.4. The van der Waals surface area contributed by atoms with Crippen LogP contribution in [0.15, 0.2) is 41.6 Å². The van der Waals surface area contributed by atoms with Crippen molar-refractivity contribution in [3.63, 3.8) is 0 Å². The Kier molecular flexibility index (Phi) is 5.08. The number of rotatable bonds is 6. The van der Waals surface area contributed by atoms with Crippen LogP contribution in [-0.4, -0.2) is 38.8 Å². The van der Waals surface area contributed by atoms with Crippen molar-refractivity contribution in [2.45, 2.75) is 31.5 Å². The summed E-state index contributed by atoms with van der Waals surface area (Å²) in [7, 11) is 1.54. The summed E-state index contributed by atoms with van der Waals surface area (Å²) in [6.45, 7) is -0.109. The lowest BCUT2D eigenvalue weighted by atomic mass is 9.75. The Morgan fingerprint density at radius 2 is 2.24 bits per heavy atom. The van der Waals surface area contributed by atoms with Crippen LogP contribution < -0.4 is 15.7 Å². The highest BCUT2D eigenvalue weighted by Crippen LogP contribution is 2.38. The van der Waals surface area contributed by atoms with Gasteiger partial charge in [0.2, 0.25) is 11.8 Å². The molecule has 8 heteroatoms. The van der Waals surface area contributed by atoms with E-state index in [-0.39, 0.29) is 30.5 Å². The Morgan fingerprint density at radius 3 is 2.84 bits per heavy atom. The first-order chi connectivity index (χ1) is 12.1. The van der Waals surface area contributed by atoms with Gasteiger partial charge in [0.15, 0.2) is 0 Å². The zero-order valence-electron chi connectivity index (χ0n) is 13.8. The Labute approximate surface area is 144 Å². The summed E-state index contributed by atoms with van der Waals surface area (Å²) < 4.78 is 6.30. The van der Waals surface area contributed by atoms with Crippen molar-refractivity contribution < 1.29 is 14.6 Å². The van der Waals surface area contributed by atoms with Crippen LogP contribution >= 0.6 is 0 Å². The molecule has 1 amide bonds. The zero-order chi connectivity index (χ0) is 17.8. The minimum absolute atomic E-state index is 0.109. The van der Waals surface area contributed by atoms with E-state index in [2.05, 4.69) is 15.3 Å². The summed E-state index contributed by atoms with van der Waals surface area (Å²) in [4.78, 5) is 31.8. The molecule has 0 radical (unpaired) electrons. The number of pyridine rings is 1. The van der Waals surface area contributed by atoms with E-state index in [1.165, 1.54) is 24.1 Å². The molecule has 2 N–H and O–H groups in total. The van der Waals surface area contributed by atoms with Gasteiger partial charge in [-0.2, -0.15) is 0 Å². The second-order valence-electron chi connectivity index (χ2n) is 6.09. The standard InChI is InChI=1S/C17H20N4O4/c1-25-15-4-3-11(9-19-15)16(12-7-13(22)8-12)20-14(23)10-21-6-2-5-18-17(21)24/h2-6,9,12-13,16,22H,7-8,10H2,1H3,(H,20,23)/t12?,13?,16-/m0/s1. The van der Waals surface area contributed by atoms with Crippen LogP contribution in [0.4, 0.5) is 0 Å². The molecule has 3 rings (SSSR count). The molecule has 8 nitrogen and oxygen atoms in total. The van der Waals surface area contributed by atoms with E-state index < -0.39 is 5.69 Å². The van der Waals surface area contributed by atoms with Crippen LogP contribution in [0, 0.1) is 5.92 Å². The van der Waals surface area contributed by atoms with Gasteiger partial charge in [0.05, 0.1) is 19.3 Å². The summed E-state index contributed by atoms with van der Waals surface area (Å²) in [5, 5.41) is 12.6. The topological polar surface area (TPSA) is 106 Å². The highest BCUT2D eigenvalue weighted by atomic mass is 16.5. The average molecular weight is 344 g/mol. The summed E-state index contributed by atoms with van der Waals surface area (Å²) in [6.07, 6.45) is 5.46. The predicted octanol–water partition coefficient (Wildman–Crippen LogP) is 0.275. The fourth-order valence-electron chi connectivity index (χ4n) is 2.95. The van der Waals surface area contributed by atoms with Crippen molar-refractivity contribution in [3.05, 3.63) is 52.8 Å². The van der Waals surface area contributed by atoms with E-state index in [0.29, 0.717) is 18.7 Å². The number of ether oxygens (including phenoxy) is 1. The number of amides is 1. The molecule has 2 aromatic heterocycles. The lowest BCUT2D eigenvalue weighted by molar-refractivity contribution is -0.123. The minimum atomic E-state index is -0.473. The highest BCUT2D eigenvalue weighted by Gasteiger charge is 2.35. The fraction of sp³-hybridized carbons (Fsp3) is 0.412. The van der Waals surface area contributed by atoms with Gasteiger partial charge in [-0.15, -0.1) is 0 Å². The van der Waals surface area contributed by atoms with Gasteiger partial charge in [-0.1, -0.05) is 6.07 Å². The number of nitrogens with one attached hydrogen (secondary N) is 1. The number of nitrogens with zero attached hydrogens (tertiary/aromatic N) is 3. The van der Waals surface area contributed by atoms with Crippen LogP contribution in [0.2, 0.25) is 0 Å². The van der Waals surface area contributed by atoms with Gasteiger partial charge in [-0.3, -0.25) is 9.36 Å². The van der Waals surface area contributed by atoms with E-state index in [1.54, 1.807) is 18.3 Å². The molecule has 0 unspecified atom stereocenters. The molecule has 0 spiro atoms. The zero-order valence-corrected chi connectivity index (χ0v) is 13.8. The van der Waals surface area contributed by atoms with Gasteiger partial charge in [0, 0.05) is 24.7 Å². The third-order valence-electron chi connectivity index (χ3n) is 4.36. The van der Waals surface area contributed by atoms with Gasteiger partial charge in [-0.25, -0.2) is 14.8 Å². The number of carbonyl (C=O) groups is 1.